The smallest absolute Gasteiger partial charge is 0.270 e. The highest BCUT2D eigenvalue weighted by Crippen LogP contribution is 2.36. The molecule has 0 spiro atoms. The van der Waals surface area contributed by atoms with Gasteiger partial charge in [0, 0.05) is 6.07 Å². The molecule has 3 rings (SSSR count). The monoisotopic (exact) mass is 343 g/mol. The number of carbonyl (C=O) groups excluding carboxylic acids is 1. The van der Waals surface area contributed by atoms with Gasteiger partial charge in [-0.2, -0.15) is 0 Å². The number of benzene rings is 2. The predicted molar refractivity (Wildman–Crippen MR) is 96.8 cm³/mol. The summed E-state index contributed by atoms with van der Waals surface area (Å²) in [6.07, 6.45) is 1.79. The van der Waals surface area contributed by atoms with Crippen molar-refractivity contribution in [2.45, 2.75) is 0 Å². The van der Waals surface area contributed by atoms with Crippen LogP contribution in [0, 0.1) is 0 Å². The van der Waals surface area contributed by atoms with E-state index in [9.17, 15) is 9.90 Å². The number of nitrogens with zero attached hydrogens (tertiary/aromatic N) is 1. The van der Waals surface area contributed by atoms with Gasteiger partial charge in [0.05, 0.1) is 17.7 Å². The number of thiocarbonyl (C=S) groups is 1. The molecule has 0 aromatic heterocycles. The molecule has 0 unspecified atom stereocenters. The lowest BCUT2D eigenvalue weighted by Gasteiger charge is -2.14. The first kappa shape index (κ1) is 15.6. The summed E-state index contributed by atoms with van der Waals surface area (Å²) in [5.74, 6) is 0.659. The fourth-order valence-electron chi connectivity index (χ4n) is 2.17. The van der Waals surface area contributed by atoms with Gasteiger partial charge in [0.25, 0.3) is 5.91 Å². The number of methoxy groups -OCH3 is 1. The number of hydrogen-bond donors (Lipinski definition) is 1. The minimum Gasteiger partial charge on any atom is -0.508 e. The number of thioether (sulfide) groups is 1. The standard InChI is InChI=1S/C17H13NO3S2/c1-21-14-7-5-11(6-8-14)9-15-16(20)18(17(22)23-15)12-3-2-4-13(19)10-12/h2-10,19H,1H3/b15-9-. The maximum Gasteiger partial charge on any atom is 0.270 e. The molecule has 1 aliphatic rings. The molecule has 1 fully saturated rings. The third kappa shape index (κ3) is 3.23. The normalized spacial score (nSPS) is 16.2. The van der Waals surface area contributed by atoms with Crippen LogP contribution in [0.4, 0.5) is 5.69 Å². The molecule has 0 bridgehead atoms. The Morgan fingerprint density at radius 3 is 2.61 bits per heavy atom. The Bertz CT molecular complexity index is 800. The summed E-state index contributed by atoms with van der Waals surface area (Å²) in [6, 6.07) is 13.9. The first-order valence-corrected chi connectivity index (χ1v) is 8.02. The second kappa shape index (κ2) is 6.44. The summed E-state index contributed by atoms with van der Waals surface area (Å²) in [5, 5.41) is 9.58. The van der Waals surface area contributed by atoms with Gasteiger partial charge in [0.2, 0.25) is 0 Å². The lowest BCUT2D eigenvalue weighted by molar-refractivity contribution is -0.113. The van der Waals surface area contributed by atoms with E-state index >= 15 is 0 Å². The highest BCUT2D eigenvalue weighted by molar-refractivity contribution is 8.27. The third-order valence-corrected chi connectivity index (χ3v) is 4.60. The zero-order chi connectivity index (χ0) is 16.4. The van der Waals surface area contributed by atoms with Crippen LogP contribution in [0.2, 0.25) is 0 Å². The van der Waals surface area contributed by atoms with Crippen LogP contribution in [0.5, 0.6) is 11.5 Å². The summed E-state index contributed by atoms with van der Waals surface area (Å²) in [7, 11) is 1.61. The van der Waals surface area contributed by atoms with Crippen LogP contribution in [-0.2, 0) is 4.79 Å². The van der Waals surface area contributed by atoms with Crippen LogP contribution in [0.3, 0.4) is 0 Å². The van der Waals surface area contributed by atoms with Crippen molar-refractivity contribution < 1.29 is 14.6 Å². The topological polar surface area (TPSA) is 49.8 Å². The summed E-state index contributed by atoms with van der Waals surface area (Å²) in [4.78, 5) is 14.6. The van der Waals surface area contributed by atoms with E-state index in [0.29, 0.717) is 14.9 Å². The molecular weight excluding hydrogens is 330 g/mol. The van der Waals surface area contributed by atoms with E-state index in [-0.39, 0.29) is 11.7 Å². The number of ether oxygens (including phenoxy) is 1. The molecule has 0 saturated carbocycles. The van der Waals surface area contributed by atoms with Gasteiger partial charge < -0.3 is 9.84 Å². The lowest BCUT2D eigenvalue weighted by Crippen LogP contribution is -2.27. The molecule has 1 aliphatic heterocycles. The molecule has 116 valence electrons. The second-order valence-corrected chi connectivity index (χ2v) is 6.49. The van der Waals surface area contributed by atoms with Crippen molar-refractivity contribution in [2.75, 3.05) is 12.0 Å². The number of anilines is 1. The number of phenols is 1. The molecule has 2 aromatic rings. The first-order chi connectivity index (χ1) is 11.1. The molecule has 0 aliphatic carbocycles. The number of aromatic hydroxyl groups is 1. The van der Waals surface area contributed by atoms with Crippen molar-refractivity contribution in [3.63, 3.8) is 0 Å². The van der Waals surface area contributed by atoms with Gasteiger partial charge in [0.15, 0.2) is 4.32 Å². The lowest BCUT2D eigenvalue weighted by atomic mass is 10.2. The van der Waals surface area contributed by atoms with E-state index in [0.717, 1.165) is 11.3 Å². The molecule has 0 radical (unpaired) electrons. The Morgan fingerprint density at radius 2 is 1.96 bits per heavy atom. The highest BCUT2D eigenvalue weighted by atomic mass is 32.2. The van der Waals surface area contributed by atoms with Gasteiger partial charge in [-0.1, -0.05) is 42.2 Å². The molecule has 23 heavy (non-hydrogen) atoms. The van der Waals surface area contributed by atoms with Crippen LogP contribution in [0.1, 0.15) is 5.56 Å². The largest absolute Gasteiger partial charge is 0.508 e. The van der Waals surface area contributed by atoms with Crippen LogP contribution in [0.25, 0.3) is 6.08 Å². The van der Waals surface area contributed by atoms with Crippen molar-refractivity contribution >= 4 is 46.0 Å². The number of hydrogen-bond acceptors (Lipinski definition) is 5. The van der Waals surface area contributed by atoms with Gasteiger partial charge >= 0.3 is 0 Å². The SMILES string of the molecule is COc1ccc(/C=C2\SC(=S)N(c3cccc(O)c3)C2=O)cc1. The predicted octanol–water partition coefficient (Wildman–Crippen LogP) is 3.81. The quantitative estimate of drug-likeness (QED) is 0.678. The maximum atomic E-state index is 12.6. The first-order valence-electron chi connectivity index (χ1n) is 6.79. The van der Waals surface area contributed by atoms with Gasteiger partial charge in [-0.25, -0.2) is 0 Å². The van der Waals surface area contributed by atoms with E-state index in [1.165, 1.54) is 22.7 Å². The Labute approximate surface area is 143 Å². The summed E-state index contributed by atoms with van der Waals surface area (Å²) in [5.41, 5.74) is 1.45. The van der Waals surface area contributed by atoms with Crippen LogP contribution in [0.15, 0.2) is 53.4 Å². The molecule has 1 amide bonds. The third-order valence-electron chi connectivity index (χ3n) is 3.30. The Kier molecular flexibility index (Phi) is 4.36. The second-order valence-electron chi connectivity index (χ2n) is 4.81. The highest BCUT2D eigenvalue weighted by Gasteiger charge is 2.33. The summed E-state index contributed by atoms with van der Waals surface area (Å²) < 4.78 is 5.56. The molecule has 6 heteroatoms. The number of carbonyl (C=O) groups is 1. The summed E-state index contributed by atoms with van der Waals surface area (Å²) in [6.45, 7) is 0. The van der Waals surface area contributed by atoms with Crippen molar-refractivity contribution in [1.82, 2.24) is 0 Å². The van der Waals surface area contributed by atoms with Crippen molar-refractivity contribution in [2.24, 2.45) is 0 Å². The zero-order valence-electron chi connectivity index (χ0n) is 12.2. The van der Waals surface area contributed by atoms with Crippen molar-refractivity contribution in [1.29, 1.82) is 0 Å². The Morgan fingerprint density at radius 1 is 1.22 bits per heavy atom. The van der Waals surface area contributed by atoms with E-state index < -0.39 is 0 Å². The Balaban J connectivity index is 1.89. The van der Waals surface area contributed by atoms with Crippen LogP contribution >= 0.6 is 24.0 Å². The van der Waals surface area contributed by atoms with Gasteiger partial charge in [-0.3, -0.25) is 9.69 Å². The number of rotatable bonds is 3. The minimum atomic E-state index is -0.193. The molecule has 0 atom stereocenters. The molecule has 1 heterocycles. The van der Waals surface area contributed by atoms with Gasteiger partial charge in [-0.15, -0.1) is 0 Å². The average molecular weight is 343 g/mol. The number of phenolic OH excluding ortho intramolecular Hbond substituents is 1. The molecule has 1 saturated heterocycles. The average Bonchev–Trinajstić information content (AvgIpc) is 2.82. The zero-order valence-corrected chi connectivity index (χ0v) is 13.9. The van der Waals surface area contributed by atoms with E-state index in [1.807, 2.05) is 24.3 Å². The maximum absolute atomic E-state index is 12.6. The van der Waals surface area contributed by atoms with Crippen molar-refractivity contribution in [3.8, 4) is 11.5 Å². The fourth-order valence-corrected chi connectivity index (χ4v) is 3.47. The molecule has 1 N–H and O–H groups in total. The Hall–Kier alpha value is -2.31. The molecule has 4 nitrogen and oxygen atoms in total. The van der Waals surface area contributed by atoms with E-state index in [1.54, 1.807) is 31.4 Å². The van der Waals surface area contributed by atoms with E-state index in [4.69, 9.17) is 17.0 Å². The van der Waals surface area contributed by atoms with Gasteiger partial charge in [0.1, 0.15) is 11.5 Å². The van der Waals surface area contributed by atoms with Crippen LogP contribution in [-0.4, -0.2) is 22.4 Å². The van der Waals surface area contributed by atoms with E-state index in [2.05, 4.69) is 0 Å². The molecular formula is C17H13NO3S2. The fraction of sp³-hybridized carbons (Fsp3) is 0.0588. The molecule has 2 aromatic carbocycles. The number of amides is 1. The minimum absolute atomic E-state index is 0.0932. The summed E-state index contributed by atoms with van der Waals surface area (Å²) >= 11 is 6.54. The van der Waals surface area contributed by atoms with Crippen LogP contribution < -0.4 is 9.64 Å². The van der Waals surface area contributed by atoms with Gasteiger partial charge in [-0.05, 0) is 35.9 Å². The van der Waals surface area contributed by atoms with Crippen molar-refractivity contribution in [3.05, 3.63) is 59.0 Å².